The van der Waals surface area contributed by atoms with Gasteiger partial charge in [0.05, 0.1) is 6.54 Å². The monoisotopic (exact) mass is 415 g/mol. The van der Waals surface area contributed by atoms with E-state index in [0.29, 0.717) is 24.7 Å². The molecule has 6 heteroatoms. The first kappa shape index (κ1) is 19.8. The molecule has 2 N–H and O–H groups in total. The van der Waals surface area contributed by atoms with Gasteiger partial charge in [-0.15, -0.1) is 0 Å². The van der Waals surface area contributed by atoms with Gasteiger partial charge in [-0.1, -0.05) is 60.7 Å². The number of fused-ring (bicyclic) bond motifs is 1. The lowest BCUT2D eigenvalue weighted by molar-refractivity contribution is 0.0749. The van der Waals surface area contributed by atoms with Crippen molar-refractivity contribution in [2.24, 2.45) is 5.92 Å². The third-order valence-electron chi connectivity index (χ3n) is 6.02. The zero-order valence-electron chi connectivity index (χ0n) is 17.8. The number of rotatable bonds is 8. The first-order valence-electron chi connectivity index (χ1n) is 11.2. The average Bonchev–Trinajstić information content (AvgIpc) is 3.58. The molecule has 2 heterocycles. The Morgan fingerprint density at radius 2 is 1.68 bits per heavy atom. The minimum Gasteiger partial charge on any atom is -0.366 e. The van der Waals surface area contributed by atoms with Gasteiger partial charge in [0.25, 0.3) is 5.91 Å². The number of aromatic nitrogens is 2. The Morgan fingerprint density at radius 1 is 0.968 bits per heavy atom. The topological polar surface area (TPSA) is 62.2 Å². The number of nitrogens with zero attached hydrogens (tertiary/aromatic N) is 3. The second-order valence-electron chi connectivity index (χ2n) is 8.51. The molecule has 1 aliphatic heterocycles. The van der Waals surface area contributed by atoms with Crippen LogP contribution in [0.1, 0.15) is 40.3 Å². The maximum absolute atomic E-state index is 13.5. The molecule has 3 aromatic rings. The van der Waals surface area contributed by atoms with E-state index < -0.39 is 0 Å². The van der Waals surface area contributed by atoms with Crippen molar-refractivity contribution in [3.05, 3.63) is 83.3 Å². The molecule has 160 valence electrons. The van der Waals surface area contributed by atoms with Gasteiger partial charge in [-0.25, -0.2) is 4.98 Å². The van der Waals surface area contributed by atoms with E-state index >= 15 is 0 Å². The number of amides is 1. The van der Waals surface area contributed by atoms with Gasteiger partial charge in [-0.2, -0.15) is 0 Å². The Kier molecular flexibility index (Phi) is 5.71. The first-order valence-corrected chi connectivity index (χ1v) is 11.2. The molecule has 1 aromatic heterocycles. The normalized spacial score (nSPS) is 16.0. The molecule has 5 rings (SSSR count). The van der Waals surface area contributed by atoms with E-state index in [1.807, 2.05) is 41.3 Å². The maximum atomic E-state index is 13.5. The summed E-state index contributed by atoms with van der Waals surface area (Å²) < 4.78 is 2.10. The van der Waals surface area contributed by atoms with Crippen molar-refractivity contribution in [2.75, 3.05) is 25.0 Å². The summed E-state index contributed by atoms with van der Waals surface area (Å²) in [4.78, 5) is 20.4. The quantitative estimate of drug-likeness (QED) is 0.591. The molecular formula is C25H29N5O. The number of imidazole rings is 1. The second kappa shape index (κ2) is 8.94. The van der Waals surface area contributed by atoms with Crippen LogP contribution in [0.3, 0.4) is 0 Å². The van der Waals surface area contributed by atoms with Crippen LogP contribution in [0.4, 0.5) is 5.82 Å². The summed E-state index contributed by atoms with van der Waals surface area (Å²) in [6, 6.07) is 20.6. The van der Waals surface area contributed by atoms with Crippen molar-refractivity contribution < 1.29 is 4.79 Å². The highest BCUT2D eigenvalue weighted by Gasteiger charge is 2.33. The van der Waals surface area contributed by atoms with Gasteiger partial charge in [-0.05, 0) is 29.9 Å². The van der Waals surface area contributed by atoms with Crippen molar-refractivity contribution in [3.8, 4) is 0 Å². The molecule has 2 aromatic carbocycles. The number of carbonyl (C=O) groups is 1. The van der Waals surface area contributed by atoms with Crippen LogP contribution in [0.5, 0.6) is 0 Å². The summed E-state index contributed by atoms with van der Waals surface area (Å²) in [5, 5.41) is 6.91. The summed E-state index contributed by atoms with van der Waals surface area (Å²) in [5.41, 5.74) is 3.09. The summed E-state index contributed by atoms with van der Waals surface area (Å²) in [6.45, 7) is 4.34. The van der Waals surface area contributed by atoms with E-state index in [1.165, 1.54) is 18.4 Å². The van der Waals surface area contributed by atoms with E-state index in [4.69, 9.17) is 4.98 Å². The lowest BCUT2D eigenvalue weighted by Gasteiger charge is -2.21. The van der Waals surface area contributed by atoms with E-state index in [9.17, 15) is 4.79 Å². The number of hydrogen-bond donors (Lipinski definition) is 2. The minimum absolute atomic E-state index is 0.102. The van der Waals surface area contributed by atoms with Gasteiger partial charge in [0.1, 0.15) is 5.82 Å². The Morgan fingerprint density at radius 3 is 2.39 bits per heavy atom. The average molecular weight is 416 g/mol. The minimum atomic E-state index is 0.102. The van der Waals surface area contributed by atoms with E-state index in [1.54, 1.807) is 0 Å². The molecule has 0 radical (unpaired) electrons. The lowest BCUT2D eigenvalue weighted by atomic mass is 10.2. The molecule has 1 fully saturated rings. The van der Waals surface area contributed by atoms with Crippen LogP contribution < -0.4 is 10.6 Å². The van der Waals surface area contributed by atoms with Gasteiger partial charge >= 0.3 is 0 Å². The second-order valence-corrected chi connectivity index (χ2v) is 8.51. The van der Waals surface area contributed by atoms with E-state index in [2.05, 4.69) is 39.5 Å². The van der Waals surface area contributed by atoms with Crippen molar-refractivity contribution in [1.82, 2.24) is 19.8 Å². The van der Waals surface area contributed by atoms with Crippen molar-refractivity contribution in [2.45, 2.75) is 32.5 Å². The first-order chi connectivity index (χ1) is 15.3. The molecule has 1 aliphatic carbocycles. The molecule has 0 atom stereocenters. The van der Waals surface area contributed by atoms with Crippen LogP contribution >= 0.6 is 0 Å². The molecule has 1 saturated carbocycles. The number of nitrogens with one attached hydrogen (secondary N) is 2. The molecule has 0 spiro atoms. The highest BCUT2D eigenvalue weighted by molar-refractivity contribution is 5.98. The summed E-state index contributed by atoms with van der Waals surface area (Å²) in [5.74, 6) is 2.38. The Hall–Kier alpha value is -3.12. The standard InChI is InChI=1S/C25H29N5O/c31-25-23-24(27-13-14-29(25)17-21-11-12-21)28-22(16-26-15-19-7-3-1-4-8-19)30(23)18-20-9-5-2-6-10-20/h1-10,21,26-27H,11-18H2. The molecule has 0 saturated heterocycles. The van der Waals surface area contributed by atoms with E-state index in [-0.39, 0.29) is 5.91 Å². The van der Waals surface area contributed by atoms with Crippen LogP contribution in [-0.2, 0) is 19.6 Å². The smallest absolute Gasteiger partial charge is 0.274 e. The van der Waals surface area contributed by atoms with Gasteiger partial charge in [0.2, 0.25) is 0 Å². The Bertz CT molecular complexity index is 1030. The molecule has 31 heavy (non-hydrogen) atoms. The third kappa shape index (κ3) is 4.64. The maximum Gasteiger partial charge on any atom is 0.274 e. The van der Waals surface area contributed by atoms with Crippen molar-refractivity contribution in [3.63, 3.8) is 0 Å². The molecule has 0 unspecified atom stereocenters. The fourth-order valence-electron chi connectivity index (χ4n) is 4.17. The van der Waals surface area contributed by atoms with Crippen LogP contribution in [0.25, 0.3) is 0 Å². The van der Waals surface area contributed by atoms with Gasteiger partial charge in [0, 0.05) is 32.7 Å². The zero-order chi connectivity index (χ0) is 21.0. The van der Waals surface area contributed by atoms with Crippen molar-refractivity contribution in [1.29, 1.82) is 0 Å². The van der Waals surface area contributed by atoms with E-state index in [0.717, 1.165) is 43.4 Å². The molecule has 1 amide bonds. The van der Waals surface area contributed by atoms with Crippen LogP contribution in [-0.4, -0.2) is 40.0 Å². The largest absolute Gasteiger partial charge is 0.366 e. The Labute approximate surface area is 183 Å². The third-order valence-corrected chi connectivity index (χ3v) is 6.02. The Balaban J connectivity index is 1.42. The molecule has 0 bridgehead atoms. The summed E-state index contributed by atoms with van der Waals surface area (Å²) >= 11 is 0. The summed E-state index contributed by atoms with van der Waals surface area (Å²) in [7, 11) is 0. The fraction of sp³-hybridized carbons (Fsp3) is 0.360. The molecule has 6 nitrogen and oxygen atoms in total. The number of anilines is 1. The van der Waals surface area contributed by atoms with Crippen LogP contribution in [0, 0.1) is 5.92 Å². The predicted octanol–water partition coefficient (Wildman–Crippen LogP) is 3.50. The van der Waals surface area contributed by atoms with Crippen molar-refractivity contribution >= 4 is 11.7 Å². The van der Waals surface area contributed by atoms with Gasteiger partial charge < -0.3 is 20.1 Å². The molecule has 2 aliphatic rings. The van der Waals surface area contributed by atoms with Crippen LogP contribution in [0.15, 0.2) is 60.7 Å². The highest BCUT2D eigenvalue weighted by Crippen LogP contribution is 2.31. The lowest BCUT2D eigenvalue weighted by Crippen LogP contribution is -2.35. The number of hydrogen-bond acceptors (Lipinski definition) is 4. The highest BCUT2D eigenvalue weighted by atomic mass is 16.2. The predicted molar refractivity (Wildman–Crippen MR) is 122 cm³/mol. The molecular weight excluding hydrogens is 386 g/mol. The summed E-state index contributed by atoms with van der Waals surface area (Å²) in [6.07, 6.45) is 2.48. The number of carbonyl (C=O) groups excluding carboxylic acids is 1. The number of benzene rings is 2. The van der Waals surface area contributed by atoms with Gasteiger partial charge in [0.15, 0.2) is 11.5 Å². The van der Waals surface area contributed by atoms with Crippen LogP contribution in [0.2, 0.25) is 0 Å². The SMILES string of the molecule is O=C1c2c(nc(CNCc3ccccc3)n2Cc2ccccc2)NCCN1CC1CC1. The zero-order valence-corrected chi connectivity index (χ0v) is 17.8. The fourth-order valence-corrected chi connectivity index (χ4v) is 4.17. The van der Waals surface area contributed by atoms with Gasteiger partial charge in [-0.3, -0.25) is 4.79 Å².